The summed E-state index contributed by atoms with van der Waals surface area (Å²) in [6.45, 7) is 4.42. The van der Waals surface area contributed by atoms with Crippen LogP contribution >= 0.6 is 0 Å². The number of hydrogen-bond donors (Lipinski definition) is 0. The molecule has 0 saturated heterocycles. The molecule has 0 radical (unpaired) electrons. The summed E-state index contributed by atoms with van der Waals surface area (Å²) < 4.78 is 0. The number of rotatable bonds is 3. The number of fused-ring (bicyclic) bond motifs is 3. The maximum Gasteiger partial charge on any atom is 0.0780 e. The van der Waals surface area contributed by atoms with Crippen molar-refractivity contribution in [2.24, 2.45) is 0 Å². The van der Waals surface area contributed by atoms with E-state index in [0.717, 1.165) is 18.5 Å². The van der Waals surface area contributed by atoms with Crippen molar-refractivity contribution in [1.29, 1.82) is 0 Å². The highest BCUT2D eigenvalue weighted by atomic mass is 14.7. The summed E-state index contributed by atoms with van der Waals surface area (Å²) in [4.78, 5) is 4.73. The lowest BCUT2D eigenvalue weighted by Gasteiger charge is -2.11. The SMILES string of the molecule is CCc1cc(CC)cc(-c2nccc3c2ccc2ccccc23)c1. The second-order valence-electron chi connectivity index (χ2n) is 6.29. The Morgan fingerprint density at radius 2 is 1.46 bits per heavy atom. The van der Waals surface area contributed by atoms with Crippen LogP contribution < -0.4 is 0 Å². The van der Waals surface area contributed by atoms with Crippen LogP contribution in [-0.4, -0.2) is 4.98 Å². The maximum absolute atomic E-state index is 4.73. The van der Waals surface area contributed by atoms with Crippen LogP contribution in [0.1, 0.15) is 25.0 Å². The molecular weight excluding hydrogens is 290 g/mol. The van der Waals surface area contributed by atoms with E-state index in [4.69, 9.17) is 4.98 Å². The van der Waals surface area contributed by atoms with E-state index in [1.807, 2.05) is 6.20 Å². The summed E-state index contributed by atoms with van der Waals surface area (Å²) in [7, 11) is 0. The molecule has 1 heterocycles. The summed E-state index contributed by atoms with van der Waals surface area (Å²) in [6, 6.07) is 22.0. The Kier molecular flexibility index (Phi) is 3.78. The van der Waals surface area contributed by atoms with Gasteiger partial charge >= 0.3 is 0 Å². The average molecular weight is 311 g/mol. The van der Waals surface area contributed by atoms with Crippen LogP contribution in [0.25, 0.3) is 32.8 Å². The van der Waals surface area contributed by atoms with Crippen molar-refractivity contribution < 1.29 is 0 Å². The van der Waals surface area contributed by atoms with Crippen molar-refractivity contribution in [3.63, 3.8) is 0 Å². The minimum absolute atomic E-state index is 1.05. The van der Waals surface area contributed by atoms with Crippen LogP contribution in [-0.2, 0) is 12.8 Å². The summed E-state index contributed by atoms with van der Waals surface area (Å²) in [5.41, 5.74) is 5.07. The fourth-order valence-electron chi connectivity index (χ4n) is 3.48. The minimum Gasteiger partial charge on any atom is -0.256 e. The summed E-state index contributed by atoms with van der Waals surface area (Å²) in [6.07, 6.45) is 4.04. The Morgan fingerprint density at radius 1 is 0.708 bits per heavy atom. The van der Waals surface area contributed by atoms with Crippen LogP contribution in [0.5, 0.6) is 0 Å². The Labute approximate surface area is 143 Å². The monoisotopic (exact) mass is 311 g/mol. The zero-order valence-electron chi connectivity index (χ0n) is 14.2. The lowest BCUT2D eigenvalue weighted by molar-refractivity contribution is 1.09. The smallest absolute Gasteiger partial charge is 0.0780 e. The van der Waals surface area contributed by atoms with Gasteiger partial charge in [-0.25, -0.2) is 0 Å². The third-order valence-corrected chi connectivity index (χ3v) is 4.81. The molecule has 118 valence electrons. The largest absolute Gasteiger partial charge is 0.256 e. The highest BCUT2D eigenvalue weighted by Gasteiger charge is 2.09. The van der Waals surface area contributed by atoms with E-state index in [2.05, 4.69) is 74.5 Å². The number of aromatic nitrogens is 1. The van der Waals surface area contributed by atoms with Gasteiger partial charge in [0.25, 0.3) is 0 Å². The average Bonchev–Trinajstić information content (AvgIpc) is 2.66. The minimum atomic E-state index is 1.05. The van der Waals surface area contributed by atoms with E-state index in [1.165, 1.54) is 38.2 Å². The molecule has 0 aliphatic carbocycles. The van der Waals surface area contributed by atoms with E-state index in [1.54, 1.807) is 0 Å². The molecular formula is C23H21N. The molecule has 0 N–H and O–H groups in total. The fraction of sp³-hybridized carbons (Fsp3) is 0.174. The number of aryl methyl sites for hydroxylation is 2. The van der Waals surface area contributed by atoms with Crippen LogP contribution in [0.2, 0.25) is 0 Å². The van der Waals surface area contributed by atoms with E-state index in [-0.39, 0.29) is 0 Å². The summed E-state index contributed by atoms with van der Waals surface area (Å²) in [5.74, 6) is 0. The molecule has 0 fully saturated rings. The normalized spacial score (nSPS) is 11.2. The first kappa shape index (κ1) is 14.9. The zero-order valence-corrected chi connectivity index (χ0v) is 14.2. The van der Waals surface area contributed by atoms with Gasteiger partial charge < -0.3 is 0 Å². The first-order valence-electron chi connectivity index (χ1n) is 8.70. The number of benzene rings is 3. The predicted molar refractivity (Wildman–Crippen MR) is 103 cm³/mol. The first-order chi connectivity index (χ1) is 11.8. The van der Waals surface area contributed by atoms with Gasteiger partial charge in [0.2, 0.25) is 0 Å². The molecule has 0 spiro atoms. The number of nitrogens with zero attached hydrogens (tertiary/aromatic N) is 1. The summed E-state index contributed by atoms with van der Waals surface area (Å²) in [5, 5.41) is 5.07. The van der Waals surface area contributed by atoms with E-state index >= 15 is 0 Å². The first-order valence-corrected chi connectivity index (χ1v) is 8.70. The number of pyridine rings is 1. The Morgan fingerprint density at radius 3 is 2.21 bits per heavy atom. The molecule has 4 aromatic rings. The van der Waals surface area contributed by atoms with Gasteiger partial charge in [-0.3, -0.25) is 4.98 Å². The van der Waals surface area contributed by atoms with E-state index in [0.29, 0.717) is 0 Å². The number of hydrogen-bond acceptors (Lipinski definition) is 1. The molecule has 0 unspecified atom stereocenters. The van der Waals surface area contributed by atoms with Gasteiger partial charge in [0.05, 0.1) is 5.69 Å². The summed E-state index contributed by atoms with van der Waals surface area (Å²) >= 11 is 0. The molecule has 0 aliphatic heterocycles. The standard InChI is InChI=1S/C23H21N/c1-3-16-13-17(4-2)15-19(14-16)23-22-10-9-18-7-5-6-8-20(18)21(22)11-12-24-23/h5-15H,3-4H2,1-2H3. The predicted octanol–water partition coefficient (Wildman–Crippen LogP) is 6.18. The van der Waals surface area contributed by atoms with Gasteiger partial charge in [0.1, 0.15) is 0 Å². The van der Waals surface area contributed by atoms with Gasteiger partial charge in [0, 0.05) is 17.1 Å². The van der Waals surface area contributed by atoms with Gasteiger partial charge in [-0.05, 0) is 58.3 Å². The molecule has 0 amide bonds. The maximum atomic E-state index is 4.73. The Hall–Kier alpha value is -2.67. The molecule has 0 atom stereocenters. The Balaban J connectivity index is 2.02. The third kappa shape index (κ3) is 2.46. The molecule has 1 nitrogen and oxygen atoms in total. The van der Waals surface area contributed by atoms with Crippen molar-refractivity contribution in [3.05, 3.63) is 78.0 Å². The van der Waals surface area contributed by atoms with Crippen LogP contribution in [0, 0.1) is 0 Å². The fourth-order valence-corrected chi connectivity index (χ4v) is 3.48. The van der Waals surface area contributed by atoms with E-state index in [9.17, 15) is 0 Å². The van der Waals surface area contributed by atoms with Crippen LogP contribution in [0.3, 0.4) is 0 Å². The van der Waals surface area contributed by atoms with E-state index < -0.39 is 0 Å². The topological polar surface area (TPSA) is 12.9 Å². The van der Waals surface area contributed by atoms with Crippen LogP contribution in [0.15, 0.2) is 66.9 Å². The van der Waals surface area contributed by atoms with Gasteiger partial charge in [-0.15, -0.1) is 0 Å². The lowest BCUT2D eigenvalue weighted by Crippen LogP contribution is -1.92. The second kappa shape index (κ2) is 6.09. The van der Waals surface area contributed by atoms with Crippen molar-refractivity contribution in [2.45, 2.75) is 26.7 Å². The van der Waals surface area contributed by atoms with Crippen molar-refractivity contribution >= 4 is 21.5 Å². The van der Waals surface area contributed by atoms with Gasteiger partial charge in [-0.1, -0.05) is 56.3 Å². The lowest BCUT2D eigenvalue weighted by atomic mass is 9.96. The highest BCUT2D eigenvalue weighted by Crippen LogP contribution is 2.32. The molecule has 0 saturated carbocycles. The second-order valence-corrected chi connectivity index (χ2v) is 6.29. The van der Waals surface area contributed by atoms with Gasteiger partial charge in [0.15, 0.2) is 0 Å². The highest BCUT2D eigenvalue weighted by molar-refractivity contribution is 6.11. The molecule has 1 aromatic heterocycles. The van der Waals surface area contributed by atoms with Crippen molar-refractivity contribution in [3.8, 4) is 11.3 Å². The molecule has 0 aliphatic rings. The van der Waals surface area contributed by atoms with Gasteiger partial charge in [-0.2, -0.15) is 0 Å². The molecule has 24 heavy (non-hydrogen) atoms. The quantitative estimate of drug-likeness (QED) is 0.412. The molecule has 0 bridgehead atoms. The van der Waals surface area contributed by atoms with Crippen molar-refractivity contribution in [2.75, 3.05) is 0 Å². The zero-order chi connectivity index (χ0) is 16.5. The van der Waals surface area contributed by atoms with Crippen LogP contribution in [0.4, 0.5) is 0 Å². The third-order valence-electron chi connectivity index (χ3n) is 4.81. The Bertz CT molecular complexity index is 1010. The van der Waals surface area contributed by atoms with Crippen molar-refractivity contribution in [1.82, 2.24) is 4.98 Å². The molecule has 4 rings (SSSR count). The molecule has 1 heteroatoms. The molecule has 3 aromatic carbocycles.